The van der Waals surface area contributed by atoms with Crippen LogP contribution in [-0.4, -0.2) is 33.0 Å². The standard InChI is InChI=1S/C30H27N5O4/c1-19-8-10-23(11-9-19)32-28(36)18-39-25-14-12-24(13-15-25)34-20(2)16-22(21(34)3)17-31-35-29(37)26-6-4-5-7-27(26)33-30(35)38/h4-17H,18H2,1-3H3,(H,32,36)(H,33,38). The fraction of sp³-hybridized carbons (Fsp3) is 0.133. The summed E-state index contributed by atoms with van der Waals surface area (Å²) in [7, 11) is 0. The highest BCUT2D eigenvalue weighted by Crippen LogP contribution is 2.22. The molecule has 0 saturated carbocycles. The smallest absolute Gasteiger partial charge is 0.349 e. The Morgan fingerprint density at radius 1 is 0.974 bits per heavy atom. The first-order valence-corrected chi connectivity index (χ1v) is 12.4. The summed E-state index contributed by atoms with van der Waals surface area (Å²) < 4.78 is 8.51. The van der Waals surface area contributed by atoms with Crippen LogP contribution in [-0.2, 0) is 4.79 Å². The first-order chi connectivity index (χ1) is 18.8. The van der Waals surface area contributed by atoms with Crippen molar-refractivity contribution in [1.82, 2.24) is 14.2 Å². The first-order valence-electron chi connectivity index (χ1n) is 12.4. The third-order valence-electron chi connectivity index (χ3n) is 6.37. The molecule has 5 rings (SSSR count). The van der Waals surface area contributed by atoms with E-state index in [0.717, 1.165) is 38.6 Å². The van der Waals surface area contributed by atoms with E-state index in [1.165, 1.54) is 6.21 Å². The highest BCUT2D eigenvalue weighted by atomic mass is 16.5. The molecule has 1 amide bonds. The van der Waals surface area contributed by atoms with E-state index in [0.29, 0.717) is 16.7 Å². The molecule has 0 aliphatic rings. The highest BCUT2D eigenvalue weighted by Gasteiger charge is 2.11. The number of carbonyl (C=O) groups excluding carboxylic acids is 1. The molecule has 0 fully saturated rings. The van der Waals surface area contributed by atoms with Crippen LogP contribution in [0.5, 0.6) is 5.75 Å². The fourth-order valence-corrected chi connectivity index (χ4v) is 4.37. The van der Waals surface area contributed by atoms with E-state index in [2.05, 4.69) is 15.4 Å². The summed E-state index contributed by atoms with van der Waals surface area (Å²) in [4.78, 5) is 40.1. The van der Waals surface area contributed by atoms with Gasteiger partial charge in [0.25, 0.3) is 11.5 Å². The Balaban J connectivity index is 1.30. The number of aryl methyl sites for hydroxylation is 2. The molecule has 0 aliphatic carbocycles. The maximum atomic E-state index is 12.8. The molecule has 0 aliphatic heterocycles. The molecule has 0 spiro atoms. The van der Waals surface area contributed by atoms with Gasteiger partial charge in [-0.1, -0.05) is 29.8 Å². The number of nitrogens with zero attached hydrogens (tertiary/aromatic N) is 3. The number of nitrogens with one attached hydrogen (secondary N) is 2. The molecule has 2 heterocycles. The number of para-hydroxylation sites is 1. The Kier molecular flexibility index (Phi) is 6.96. The van der Waals surface area contributed by atoms with Gasteiger partial charge in [0.2, 0.25) is 0 Å². The van der Waals surface area contributed by atoms with Crippen LogP contribution in [0.15, 0.2) is 93.6 Å². The molecule has 9 nitrogen and oxygen atoms in total. The van der Waals surface area contributed by atoms with Gasteiger partial charge in [0.05, 0.1) is 17.1 Å². The minimum atomic E-state index is -0.605. The largest absolute Gasteiger partial charge is 0.484 e. The number of carbonyl (C=O) groups is 1. The highest BCUT2D eigenvalue weighted by molar-refractivity contribution is 5.91. The first kappa shape index (κ1) is 25.5. The quantitative estimate of drug-likeness (QED) is 0.311. The summed E-state index contributed by atoms with van der Waals surface area (Å²) in [6, 6.07) is 23.7. The zero-order valence-corrected chi connectivity index (χ0v) is 21.8. The molecule has 2 aromatic heterocycles. The fourth-order valence-electron chi connectivity index (χ4n) is 4.37. The molecule has 5 aromatic rings. The van der Waals surface area contributed by atoms with E-state index >= 15 is 0 Å². The normalized spacial score (nSPS) is 11.3. The third-order valence-corrected chi connectivity index (χ3v) is 6.37. The van der Waals surface area contributed by atoms with Gasteiger partial charge in [-0.15, -0.1) is 4.68 Å². The van der Waals surface area contributed by atoms with Crippen molar-refractivity contribution >= 4 is 28.7 Å². The molecule has 0 bridgehead atoms. The van der Waals surface area contributed by atoms with Gasteiger partial charge < -0.3 is 19.6 Å². The number of hydrogen-bond acceptors (Lipinski definition) is 5. The van der Waals surface area contributed by atoms with Crippen molar-refractivity contribution in [3.05, 3.63) is 122 Å². The predicted octanol–water partition coefficient (Wildman–Crippen LogP) is 4.31. The second kappa shape index (κ2) is 10.7. The molecular formula is C30H27N5O4. The van der Waals surface area contributed by atoms with Gasteiger partial charge in [-0.3, -0.25) is 9.59 Å². The SMILES string of the molecule is Cc1ccc(NC(=O)COc2ccc(-n3c(C)cc(C=Nn4c(=O)[nH]c5ccccc5c4=O)c3C)cc2)cc1. The molecular weight excluding hydrogens is 494 g/mol. The Hall–Kier alpha value is -5.18. The Morgan fingerprint density at radius 2 is 1.69 bits per heavy atom. The van der Waals surface area contributed by atoms with Crippen molar-refractivity contribution in [2.24, 2.45) is 5.10 Å². The Bertz CT molecular complexity index is 1810. The molecule has 2 N–H and O–H groups in total. The summed E-state index contributed by atoms with van der Waals surface area (Å²) in [6.45, 7) is 5.77. The van der Waals surface area contributed by atoms with Crippen LogP contribution in [0.3, 0.4) is 0 Å². The summed E-state index contributed by atoms with van der Waals surface area (Å²) in [6.07, 6.45) is 1.51. The summed E-state index contributed by atoms with van der Waals surface area (Å²) in [5, 5.41) is 7.38. The van der Waals surface area contributed by atoms with E-state index in [1.54, 1.807) is 36.4 Å². The molecule has 39 heavy (non-hydrogen) atoms. The molecule has 0 radical (unpaired) electrons. The number of aromatic amines is 1. The minimum Gasteiger partial charge on any atom is -0.484 e. The van der Waals surface area contributed by atoms with Crippen molar-refractivity contribution < 1.29 is 9.53 Å². The van der Waals surface area contributed by atoms with Gasteiger partial charge in [-0.25, -0.2) is 4.79 Å². The Morgan fingerprint density at radius 3 is 2.44 bits per heavy atom. The lowest BCUT2D eigenvalue weighted by atomic mass is 10.2. The van der Waals surface area contributed by atoms with Gasteiger partial charge in [-0.05, 0) is 75.4 Å². The van der Waals surface area contributed by atoms with E-state index in [-0.39, 0.29) is 12.5 Å². The van der Waals surface area contributed by atoms with Crippen molar-refractivity contribution in [1.29, 1.82) is 0 Å². The van der Waals surface area contributed by atoms with Crippen LogP contribution in [0, 0.1) is 20.8 Å². The van der Waals surface area contributed by atoms with E-state index in [4.69, 9.17) is 4.74 Å². The summed E-state index contributed by atoms with van der Waals surface area (Å²) >= 11 is 0. The van der Waals surface area contributed by atoms with Gasteiger partial charge in [-0.2, -0.15) is 5.10 Å². The zero-order chi connectivity index (χ0) is 27.5. The van der Waals surface area contributed by atoms with E-state index in [1.807, 2.05) is 67.8 Å². The average Bonchev–Trinajstić information content (AvgIpc) is 3.21. The maximum Gasteiger partial charge on any atom is 0.349 e. The van der Waals surface area contributed by atoms with E-state index < -0.39 is 11.2 Å². The van der Waals surface area contributed by atoms with Crippen LogP contribution in [0.25, 0.3) is 16.6 Å². The van der Waals surface area contributed by atoms with Crippen LogP contribution in [0.4, 0.5) is 5.69 Å². The van der Waals surface area contributed by atoms with Crippen molar-refractivity contribution in [3.63, 3.8) is 0 Å². The molecule has 0 atom stereocenters. The van der Waals surface area contributed by atoms with Gasteiger partial charge in [0, 0.05) is 28.3 Å². The van der Waals surface area contributed by atoms with Gasteiger partial charge >= 0.3 is 5.69 Å². The number of hydrogen-bond donors (Lipinski definition) is 2. The molecule has 0 unspecified atom stereocenters. The summed E-state index contributed by atoms with van der Waals surface area (Å²) in [5.74, 6) is 0.324. The third kappa shape index (κ3) is 5.42. The van der Waals surface area contributed by atoms with Gasteiger partial charge in [0.1, 0.15) is 5.75 Å². The number of rotatable bonds is 7. The lowest BCUT2D eigenvalue weighted by Crippen LogP contribution is -2.32. The lowest BCUT2D eigenvalue weighted by Gasteiger charge is -2.11. The number of amides is 1. The Labute approximate surface area is 224 Å². The van der Waals surface area contributed by atoms with Crippen molar-refractivity contribution in [2.75, 3.05) is 11.9 Å². The summed E-state index contributed by atoms with van der Waals surface area (Å²) in [5.41, 5.74) is 4.70. The van der Waals surface area contributed by atoms with Crippen molar-refractivity contribution in [3.8, 4) is 11.4 Å². The monoisotopic (exact) mass is 521 g/mol. The maximum absolute atomic E-state index is 12.8. The van der Waals surface area contributed by atoms with Crippen LogP contribution < -0.4 is 21.3 Å². The molecule has 9 heteroatoms. The van der Waals surface area contributed by atoms with Gasteiger partial charge in [0.15, 0.2) is 6.61 Å². The van der Waals surface area contributed by atoms with Crippen LogP contribution in [0.1, 0.15) is 22.5 Å². The van der Waals surface area contributed by atoms with Crippen LogP contribution in [0.2, 0.25) is 0 Å². The average molecular weight is 522 g/mol. The number of aromatic nitrogens is 3. The second-order valence-corrected chi connectivity index (χ2v) is 9.20. The molecule has 196 valence electrons. The minimum absolute atomic E-state index is 0.108. The topological polar surface area (TPSA) is 110 Å². The molecule has 3 aromatic carbocycles. The second-order valence-electron chi connectivity index (χ2n) is 9.20. The number of benzene rings is 3. The number of fused-ring (bicyclic) bond motifs is 1. The van der Waals surface area contributed by atoms with Crippen molar-refractivity contribution in [2.45, 2.75) is 20.8 Å². The van der Waals surface area contributed by atoms with Crippen LogP contribution >= 0.6 is 0 Å². The molecule has 0 saturated heterocycles. The number of H-pyrrole nitrogens is 1. The zero-order valence-electron chi connectivity index (χ0n) is 21.8. The number of ether oxygens (including phenoxy) is 1. The van der Waals surface area contributed by atoms with E-state index in [9.17, 15) is 14.4 Å². The number of anilines is 1. The predicted molar refractivity (Wildman–Crippen MR) is 152 cm³/mol. The lowest BCUT2D eigenvalue weighted by molar-refractivity contribution is -0.118.